The summed E-state index contributed by atoms with van der Waals surface area (Å²) in [5.41, 5.74) is -2.54. The number of carbonyl (C=O) groups excluding carboxylic acids is 1. The molecule has 0 spiro atoms. The fourth-order valence-electron chi connectivity index (χ4n) is 3.18. The van der Waals surface area contributed by atoms with Gasteiger partial charge in [-0.15, -0.1) is 0 Å². The van der Waals surface area contributed by atoms with Crippen molar-refractivity contribution in [3.8, 4) is 11.5 Å². The number of aliphatic hydroxyl groups excluding tert-OH is 1. The van der Waals surface area contributed by atoms with Crippen LogP contribution < -0.4 is 14.8 Å². The Labute approximate surface area is 189 Å². The lowest BCUT2D eigenvalue weighted by Crippen LogP contribution is -2.51. The van der Waals surface area contributed by atoms with Gasteiger partial charge in [0, 0.05) is 11.8 Å². The van der Waals surface area contributed by atoms with E-state index >= 15 is 0 Å². The quantitative estimate of drug-likeness (QED) is 0.515. The first-order chi connectivity index (χ1) is 15.4. The Morgan fingerprint density at radius 2 is 1.88 bits per heavy atom. The van der Waals surface area contributed by atoms with Crippen LogP contribution in [0.1, 0.15) is 52.8 Å². The largest absolute Gasteiger partial charge is 0.493 e. The number of hydrogen-bond donors (Lipinski definition) is 3. The van der Waals surface area contributed by atoms with E-state index in [0.717, 1.165) is 11.8 Å². The van der Waals surface area contributed by atoms with Gasteiger partial charge in [0.1, 0.15) is 12.3 Å². The summed E-state index contributed by atoms with van der Waals surface area (Å²) < 4.78 is 52.3. The van der Waals surface area contributed by atoms with Gasteiger partial charge in [0.2, 0.25) is 5.60 Å². The Balaban J connectivity index is 2.35. The molecule has 1 unspecified atom stereocenters. The maximum absolute atomic E-state index is 14.0. The number of aliphatic hydroxyl groups is 2. The van der Waals surface area contributed by atoms with E-state index in [4.69, 9.17) is 14.6 Å². The molecular weight excluding hydrogens is 443 g/mol. The van der Waals surface area contributed by atoms with Crippen LogP contribution in [0, 0.1) is 13.8 Å². The van der Waals surface area contributed by atoms with Crippen molar-refractivity contribution in [3.05, 3.63) is 46.5 Å². The predicted molar refractivity (Wildman–Crippen MR) is 113 cm³/mol. The minimum atomic E-state index is -5.11. The first-order valence-corrected chi connectivity index (χ1v) is 10.2. The molecule has 0 saturated heterocycles. The third-order valence-corrected chi connectivity index (χ3v) is 5.21. The number of carbonyl (C=O) groups is 1. The minimum absolute atomic E-state index is 0.0382. The van der Waals surface area contributed by atoms with Crippen molar-refractivity contribution in [1.29, 1.82) is 0 Å². The molecule has 0 bridgehead atoms. The Kier molecular flexibility index (Phi) is 8.25. The predicted octanol–water partition coefficient (Wildman–Crippen LogP) is 2.78. The van der Waals surface area contributed by atoms with E-state index in [1.807, 2.05) is 13.8 Å². The SMILES string of the molecule is COc1cc(C(=O)NCC(O)(c2cc(C(C)C)c(C)c(C)n2)C(F)(F)F)ncc1OCCO. The average molecular weight is 471 g/mol. The minimum Gasteiger partial charge on any atom is -0.493 e. The number of nitrogens with zero attached hydrogens (tertiary/aromatic N) is 2. The molecule has 0 saturated carbocycles. The Bertz CT molecular complexity index is 998. The van der Waals surface area contributed by atoms with Crippen LogP contribution in [0.4, 0.5) is 13.2 Å². The van der Waals surface area contributed by atoms with Gasteiger partial charge in [0.05, 0.1) is 32.2 Å². The molecule has 0 aliphatic carbocycles. The molecule has 0 radical (unpaired) electrons. The summed E-state index contributed by atoms with van der Waals surface area (Å²) in [6.07, 6.45) is -3.96. The average Bonchev–Trinajstić information content (AvgIpc) is 2.76. The smallest absolute Gasteiger partial charge is 0.424 e. The summed E-state index contributed by atoms with van der Waals surface area (Å²) in [4.78, 5) is 20.4. The molecule has 3 N–H and O–H groups in total. The van der Waals surface area contributed by atoms with Crippen molar-refractivity contribution in [2.75, 3.05) is 26.9 Å². The van der Waals surface area contributed by atoms with Gasteiger partial charge in [-0.2, -0.15) is 13.2 Å². The molecule has 0 aliphatic rings. The van der Waals surface area contributed by atoms with Gasteiger partial charge in [0.15, 0.2) is 11.5 Å². The van der Waals surface area contributed by atoms with Gasteiger partial charge in [-0.25, -0.2) is 4.98 Å². The highest BCUT2D eigenvalue weighted by Crippen LogP contribution is 2.39. The maximum Gasteiger partial charge on any atom is 0.424 e. The van der Waals surface area contributed by atoms with Crippen LogP contribution in [0.25, 0.3) is 0 Å². The number of ether oxygens (including phenoxy) is 2. The number of nitrogens with one attached hydrogen (secondary N) is 1. The first kappa shape index (κ1) is 26.3. The third-order valence-electron chi connectivity index (χ3n) is 5.21. The lowest BCUT2D eigenvalue weighted by Gasteiger charge is -2.31. The van der Waals surface area contributed by atoms with Gasteiger partial charge in [0.25, 0.3) is 5.91 Å². The standard InChI is InChI=1S/C22H28F3N3O5/c1-12(2)15-8-19(28-14(4)13(15)3)21(31,22(23,24)25)11-27-20(30)16-9-17(32-5)18(10-26-16)33-7-6-29/h8-10,12,29,31H,6-7,11H2,1-5H3,(H,27,30). The maximum atomic E-state index is 14.0. The number of methoxy groups -OCH3 is 1. The summed E-state index contributed by atoms with van der Waals surface area (Å²) in [6.45, 7) is 5.50. The van der Waals surface area contributed by atoms with Gasteiger partial charge < -0.3 is 25.0 Å². The van der Waals surface area contributed by atoms with Crippen molar-refractivity contribution < 1.29 is 37.7 Å². The van der Waals surface area contributed by atoms with Crippen molar-refractivity contribution in [2.45, 2.75) is 45.4 Å². The van der Waals surface area contributed by atoms with Crippen molar-refractivity contribution >= 4 is 5.91 Å². The lowest BCUT2D eigenvalue weighted by atomic mass is 9.91. The number of rotatable bonds is 9. The third kappa shape index (κ3) is 5.72. The van der Waals surface area contributed by atoms with Crippen molar-refractivity contribution in [1.82, 2.24) is 15.3 Å². The van der Waals surface area contributed by atoms with Crippen LogP contribution >= 0.6 is 0 Å². The van der Waals surface area contributed by atoms with Crippen LogP contribution in [0.15, 0.2) is 18.3 Å². The summed E-state index contributed by atoms with van der Waals surface area (Å²) in [7, 11) is 1.31. The molecule has 33 heavy (non-hydrogen) atoms. The molecular formula is C22H28F3N3O5. The highest BCUT2D eigenvalue weighted by Gasteiger charge is 2.56. The zero-order valence-electron chi connectivity index (χ0n) is 19.1. The fourth-order valence-corrected chi connectivity index (χ4v) is 3.18. The van der Waals surface area contributed by atoms with Gasteiger partial charge in [-0.3, -0.25) is 9.78 Å². The lowest BCUT2D eigenvalue weighted by molar-refractivity contribution is -0.265. The highest BCUT2D eigenvalue weighted by atomic mass is 19.4. The molecule has 8 nitrogen and oxygen atoms in total. The number of aromatic nitrogens is 2. The van der Waals surface area contributed by atoms with E-state index in [9.17, 15) is 23.1 Å². The Morgan fingerprint density at radius 1 is 1.21 bits per heavy atom. The van der Waals surface area contributed by atoms with Crippen molar-refractivity contribution in [2.24, 2.45) is 0 Å². The zero-order valence-corrected chi connectivity index (χ0v) is 19.1. The monoisotopic (exact) mass is 471 g/mol. The van der Waals surface area contributed by atoms with E-state index in [0.29, 0.717) is 11.3 Å². The van der Waals surface area contributed by atoms with E-state index in [-0.39, 0.29) is 36.3 Å². The molecule has 0 aliphatic heterocycles. The summed E-state index contributed by atoms with van der Waals surface area (Å²) >= 11 is 0. The molecule has 2 aromatic heterocycles. The highest BCUT2D eigenvalue weighted by molar-refractivity contribution is 5.92. The zero-order chi connectivity index (χ0) is 25.0. The van der Waals surface area contributed by atoms with Crippen LogP contribution in [0.3, 0.4) is 0 Å². The topological polar surface area (TPSA) is 114 Å². The summed E-state index contributed by atoms with van der Waals surface area (Å²) in [5, 5.41) is 21.6. The Hall–Kier alpha value is -2.92. The first-order valence-electron chi connectivity index (χ1n) is 10.2. The number of aryl methyl sites for hydroxylation is 1. The number of pyridine rings is 2. The number of amides is 1. The van der Waals surface area contributed by atoms with Gasteiger partial charge >= 0.3 is 6.18 Å². The second-order valence-corrected chi connectivity index (χ2v) is 7.80. The molecule has 1 amide bonds. The molecule has 2 rings (SSSR count). The number of halogens is 3. The Morgan fingerprint density at radius 3 is 2.42 bits per heavy atom. The van der Waals surface area contributed by atoms with E-state index in [1.165, 1.54) is 19.2 Å². The normalized spacial score (nSPS) is 13.5. The molecule has 11 heteroatoms. The number of alkyl halides is 3. The second-order valence-electron chi connectivity index (χ2n) is 7.80. The second kappa shape index (κ2) is 10.3. The van der Waals surface area contributed by atoms with E-state index < -0.39 is 29.9 Å². The van der Waals surface area contributed by atoms with E-state index in [1.54, 1.807) is 13.8 Å². The fraction of sp³-hybridized carbons (Fsp3) is 0.500. The molecule has 0 fully saturated rings. The van der Waals surface area contributed by atoms with Gasteiger partial charge in [-0.05, 0) is 37.0 Å². The summed E-state index contributed by atoms with van der Waals surface area (Å²) in [5.74, 6) is -0.805. The van der Waals surface area contributed by atoms with E-state index in [2.05, 4.69) is 15.3 Å². The molecule has 0 aromatic carbocycles. The molecule has 2 heterocycles. The van der Waals surface area contributed by atoms with Crippen LogP contribution in [-0.4, -0.2) is 59.1 Å². The molecule has 2 aromatic rings. The van der Waals surface area contributed by atoms with Crippen LogP contribution in [-0.2, 0) is 5.60 Å². The number of hydrogen-bond acceptors (Lipinski definition) is 7. The molecule has 1 atom stereocenters. The summed E-state index contributed by atoms with van der Waals surface area (Å²) in [6, 6.07) is 2.40. The van der Waals surface area contributed by atoms with Crippen LogP contribution in [0.5, 0.6) is 11.5 Å². The van der Waals surface area contributed by atoms with Crippen LogP contribution in [0.2, 0.25) is 0 Å². The molecule has 182 valence electrons. The van der Waals surface area contributed by atoms with Crippen molar-refractivity contribution in [3.63, 3.8) is 0 Å². The van der Waals surface area contributed by atoms with Gasteiger partial charge in [-0.1, -0.05) is 13.8 Å².